The third-order valence-electron chi connectivity index (χ3n) is 1.26. The van der Waals surface area contributed by atoms with E-state index in [4.69, 9.17) is 5.73 Å². The van der Waals surface area contributed by atoms with Crippen molar-refractivity contribution in [3.8, 4) is 0 Å². The number of imidazole rings is 1. The predicted molar refractivity (Wildman–Crippen MR) is 50.8 cm³/mol. The molecule has 0 aromatic carbocycles. The van der Waals surface area contributed by atoms with Gasteiger partial charge in [-0.25, -0.2) is 9.98 Å². The molecule has 0 unspecified atom stereocenters. The molecule has 0 saturated heterocycles. The maximum atomic E-state index is 5.46. The molecule has 1 heterocycles. The minimum atomic E-state index is 0.445. The maximum absolute atomic E-state index is 5.46. The van der Waals surface area contributed by atoms with Gasteiger partial charge in [0.05, 0.1) is 6.20 Å². The van der Waals surface area contributed by atoms with E-state index in [0.717, 1.165) is 0 Å². The van der Waals surface area contributed by atoms with Crippen molar-refractivity contribution in [3.63, 3.8) is 0 Å². The Morgan fingerprint density at radius 2 is 2.33 bits per heavy atom. The summed E-state index contributed by atoms with van der Waals surface area (Å²) in [4.78, 5) is 7.80. The molecule has 12 heavy (non-hydrogen) atoms. The summed E-state index contributed by atoms with van der Waals surface area (Å²) in [5, 5.41) is 0. The summed E-state index contributed by atoms with van der Waals surface area (Å²) in [6, 6.07) is 0. The molecule has 0 aliphatic carbocycles. The lowest BCUT2D eigenvalue weighted by molar-refractivity contribution is 1.13. The second-order valence-corrected chi connectivity index (χ2v) is 2.08. The van der Waals surface area contributed by atoms with Crippen LogP contribution >= 0.6 is 0 Å². The van der Waals surface area contributed by atoms with Gasteiger partial charge < -0.3 is 5.73 Å². The largest absolute Gasteiger partial charge is 0.382 e. The molecule has 0 bridgehead atoms. The lowest BCUT2D eigenvalue weighted by atomic mass is 10.6. The van der Waals surface area contributed by atoms with Gasteiger partial charge in [-0.15, -0.1) is 0 Å². The van der Waals surface area contributed by atoms with Gasteiger partial charge in [-0.1, -0.05) is 13.2 Å². The van der Waals surface area contributed by atoms with Crippen LogP contribution in [0.3, 0.4) is 0 Å². The molecule has 0 saturated carbocycles. The zero-order chi connectivity index (χ0) is 8.97. The van der Waals surface area contributed by atoms with E-state index in [0.29, 0.717) is 11.6 Å². The topological polar surface area (TPSA) is 56.2 Å². The number of hydrogen-bond donors (Lipinski definition) is 1. The molecule has 0 fully saturated rings. The van der Waals surface area contributed by atoms with E-state index >= 15 is 0 Å². The first-order chi connectivity index (χ1) is 5.77. The first-order valence-electron chi connectivity index (χ1n) is 3.39. The zero-order valence-corrected chi connectivity index (χ0v) is 6.64. The van der Waals surface area contributed by atoms with E-state index in [1.165, 1.54) is 6.20 Å². The fraction of sp³-hybridized carbons (Fsp3) is 0. The van der Waals surface area contributed by atoms with Crippen molar-refractivity contribution in [2.75, 3.05) is 5.73 Å². The van der Waals surface area contributed by atoms with Crippen molar-refractivity contribution in [3.05, 3.63) is 31.4 Å². The molecule has 0 spiro atoms. The summed E-state index contributed by atoms with van der Waals surface area (Å²) < 4.78 is 1.67. The van der Waals surface area contributed by atoms with Gasteiger partial charge in [-0.05, 0) is 6.08 Å². The summed E-state index contributed by atoms with van der Waals surface area (Å²) in [6.07, 6.45) is 6.26. The number of anilines is 1. The van der Waals surface area contributed by atoms with E-state index in [2.05, 4.69) is 23.1 Å². The quantitative estimate of drug-likeness (QED) is 0.535. The third kappa shape index (κ3) is 1.60. The molecule has 1 aromatic heterocycles. The highest BCUT2D eigenvalue weighted by Crippen LogP contribution is 2.03. The Labute approximate surface area is 70.8 Å². The van der Waals surface area contributed by atoms with Gasteiger partial charge in [-0.3, -0.25) is 4.57 Å². The normalized spacial score (nSPS) is 10.3. The zero-order valence-electron chi connectivity index (χ0n) is 6.64. The monoisotopic (exact) mass is 162 g/mol. The molecule has 1 aromatic rings. The van der Waals surface area contributed by atoms with Crippen LogP contribution in [0.15, 0.2) is 30.5 Å². The first kappa shape index (κ1) is 8.26. The highest BCUT2D eigenvalue weighted by molar-refractivity contribution is 5.65. The minimum absolute atomic E-state index is 0.445. The Balaban J connectivity index is 3.04. The number of aliphatic imine (C=N–C) groups is 1. The van der Waals surface area contributed by atoms with E-state index in [1.807, 2.05) is 0 Å². The molecule has 1 rings (SSSR count). The predicted octanol–water partition coefficient (Wildman–Crippen LogP) is 1.13. The van der Waals surface area contributed by atoms with Crippen LogP contribution < -0.4 is 5.73 Å². The molecule has 0 atom stereocenters. The Morgan fingerprint density at radius 3 is 2.92 bits per heavy atom. The van der Waals surface area contributed by atoms with Crippen LogP contribution in [0.25, 0.3) is 6.08 Å². The van der Waals surface area contributed by atoms with Crippen LogP contribution in [0.2, 0.25) is 0 Å². The van der Waals surface area contributed by atoms with Gasteiger partial charge in [0.2, 0.25) is 0 Å². The standard InChI is InChI=1S/C8H10N4/c1-3-8-11-7(9)5-12(8)6-10-4-2/h3-6H,1-2,9H2. The van der Waals surface area contributed by atoms with Gasteiger partial charge in [0.15, 0.2) is 0 Å². The molecule has 4 heteroatoms. The van der Waals surface area contributed by atoms with Gasteiger partial charge in [-0.2, -0.15) is 0 Å². The number of rotatable bonds is 3. The third-order valence-corrected chi connectivity index (χ3v) is 1.26. The fourth-order valence-electron chi connectivity index (χ4n) is 0.790. The number of nitrogens with zero attached hydrogens (tertiary/aromatic N) is 3. The van der Waals surface area contributed by atoms with Crippen molar-refractivity contribution in [2.45, 2.75) is 0 Å². The van der Waals surface area contributed by atoms with Crippen molar-refractivity contribution < 1.29 is 0 Å². The van der Waals surface area contributed by atoms with Crippen LogP contribution in [0.4, 0.5) is 5.82 Å². The van der Waals surface area contributed by atoms with Gasteiger partial charge in [0, 0.05) is 6.20 Å². The Kier molecular flexibility index (Phi) is 2.42. The number of nitrogens with two attached hydrogens (primary N) is 1. The average molecular weight is 162 g/mol. The SMILES string of the molecule is C=CN=Cn1cc(N)nc1C=C. The number of hydrogen-bond acceptors (Lipinski definition) is 3. The average Bonchev–Trinajstić information content (AvgIpc) is 2.42. The van der Waals surface area contributed by atoms with Crippen molar-refractivity contribution in [2.24, 2.45) is 4.99 Å². The summed E-state index contributed by atoms with van der Waals surface area (Å²) in [5.41, 5.74) is 5.46. The maximum Gasteiger partial charge on any atom is 0.142 e. The van der Waals surface area contributed by atoms with Crippen molar-refractivity contribution >= 4 is 18.2 Å². The summed E-state index contributed by atoms with van der Waals surface area (Å²) in [7, 11) is 0. The van der Waals surface area contributed by atoms with E-state index in [1.54, 1.807) is 23.2 Å². The molecule has 2 N–H and O–H groups in total. The van der Waals surface area contributed by atoms with E-state index in [-0.39, 0.29) is 0 Å². The lowest BCUT2D eigenvalue weighted by Gasteiger charge is -1.91. The molecular weight excluding hydrogens is 152 g/mol. The summed E-state index contributed by atoms with van der Waals surface area (Å²) in [6.45, 7) is 7.04. The van der Waals surface area contributed by atoms with Crippen molar-refractivity contribution in [1.29, 1.82) is 0 Å². The van der Waals surface area contributed by atoms with Crippen molar-refractivity contribution in [1.82, 2.24) is 9.55 Å². The van der Waals surface area contributed by atoms with Gasteiger partial charge in [0.1, 0.15) is 18.0 Å². The van der Waals surface area contributed by atoms with Gasteiger partial charge in [0.25, 0.3) is 0 Å². The summed E-state index contributed by atoms with van der Waals surface area (Å²) >= 11 is 0. The second-order valence-electron chi connectivity index (χ2n) is 2.08. The molecule has 62 valence electrons. The molecule has 0 amide bonds. The van der Waals surface area contributed by atoms with Crippen LogP contribution in [-0.2, 0) is 0 Å². The Morgan fingerprint density at radius 1 is 1.58 bits per heavy atom. The molecule has 0 aliphatic rings. The van der Waals surface area contributed by atoms with Gasteiger partial charge >= 0.3 is 0 Å². The number of nitrogen functional groups attached to an aromatic ring is 1. The van der Waals surface area contributed by atoms with E-state index < -0.39 is 0 Å². The number of aromatic nitrogens is 2. The highest BCUT2D eigenvalue weighted by Gasteiger charge is 1.98. The second kappa shape index (κ2) is 3.52. The smallest absolute Gasteiger partial charge is 0.142 e. The Hall–Kier alpha value is -1.84. The molecule has 0 aliphatic heterocycles. The molecular formula is C8H10N4. The minimum Gasteiger partial charge on any atom is -0.382 e. The van der Waals surface area contributed by atoms with Crippen LogP contribution in [-0.4, -0.2) is 15.9 Å². The summed E-state index contributed by atoms with van der Waals surface area (Å²) in [5.74, 6) is 1.11. The lowest BCUT2D eigenvalue weighted by Crippen LogP contribution is -1.95. The van der Waals surface area contributed by atoms with Crippen LogP contribution in [0.5, 0.6) is 0 Å². The highest BCUT2D eigenvalue weighted by atomic mass is 15.1. The van der Waals surface area contributed by atoms with Crippen LogP contribution in [0, 0.1) is 0 Å². The Bertz CT molecular complexity index is 322. The van der Waals surface area contributed by atoms with E-state index in [9.17, 15) is 0 Å². The molecule has 0 radical (unpaired) electrons. The molecule has 4 nitrogen and oxygen atoms in total. The first-order valence-corrected chi connectivity index (χ1v) is 3.39. The van der Waals surface area contributed by atoms with Crippen LogP contribution in [0.1, 0.15) is 5.82 Å². The fourth-order valence-corrected chi connectivity index (χ4v) is 0.790.